The first-order chi connectivity index (χ1) is 11.6. The van der Waals surface area contributed by atoms with E-state index in [0.717, 1.165) is 12.1 Å². The number of carbonyl (C=O) groups is 2. The predicted octanol–water partition coefficient (Wildman–Crippen LogP) is 3.86. The fraction of sp³-hybridized carbons (Fsp3) is 0.529. The third-order valence-electron chi connectivity index (χ3n) is 3.68. The van der Waals surface area contributed by atoms with Gasteiger partial charge in [0.15, 0.2) is 0 Å². The zero-order valence-corrected chi connectivity index (χ0v) is 16.0. The van der Waals surface area contributed by atoms with Crippen molar-refractivity contribution in [3.63, 3.8) is 0 Å². The number of benzene rings is 1. The number of likely N-dealkylation sites (tertiary alicyclic amines) is 1. The van der Waals surface area contributed by atoms with Crippen molar-refractivity contribution in [2.45, 2.75) is 45.3 Å². The van der Waals surface area contributed by atoms with E-state index in [1.165, 1.54) is 4.90 Å². The maximum atomic E-state index is 13.9. The monoisotopic (exact) mass is 418 g/mol. The van der Waals surface area contributed by atoms with E-state index >= 15 is 0 Å². The Labute approximate surface area is 153 Å². The van der Waals surface area contributed by atoms with E-state index in [0.29, 0.717) is 19.4 Å². The average Bonchev–Trinajstić information content (AvgIpc) is 2.50. The Kier molecular flexibility index (Phi) is 6.03. The van der Waals surface area contributed by atoms with Gasteiger partial charge in [-0.2, -0.15) is 0 Å². The fourth-order valence-corrected chi connectivity index (χ4v) is 3.08. The van der Waals surface area contributed by atoms with Crippen LogP contribution < -0.4 is 5.32 Å². The topological polar surface area (TPSA) is 58.6 Å². The summed E-state index contributed by atoms with van der Waals surface area (Å²) in [6.45, 7) is 6.11. The number of amides is 2. The van der Waals surface area contributed by atoms with Crippen LogP contribution in [0.1, 0.15) is 44.0 Å². The van der Waals surface area contributed by atoms with Crippen molar-refractivity contribution in [1.82, 2.24) is 10.2 Å². The fourth-order valence-electron chi connectivity index (χ4n) is 2.58. The molecule has 0 unspecified atom stereocenters. The van der Waals surface area contributed by atoms with Crippen LogP contribution in [0, 0.1) is 11.6 Å². The van der Waals surface area contributed by atoms with Crippen molar-refractivity contribution in [1.29, 1.82) is 0 Å². The van der Waals surface area contributed by atoms with Gasteiger partial charge in [0.25, 0.3) is 5.91 Å². The SMILES string of the molecule is CC(C)(C)OC(=O)N1CCC[C@H](NC(=O)c2c(F)ccc(F)c2Br)C1. The first-order valence-corrected chi connectivity index (χ1v) is 8.80. The second-order valence-corrected chi connectivity index (χ2v) is 7.75. The molecular formula is C17H21BrF2N2O3. The molecule has 138 valence electrons. The van der Waals surface area contributed by atoms with E-state index < -0.39 is 29.2 Å². The second kappa shape index (κ2) is 7.68. The van der Waals surface area contributed by atoms with Crippen LogP contribution in [0.3, 0.4) is 0 Å². The summed E-state index contributed by atoms with van der Waals surface area (Å²) in [6.07, 6.45) is 0.862. The van der Waals surface area contributed by atoms with Gasteiger partial charge in [0.05, 0.1) is 10.0 Å². The highest BCUT2D eigenvalue weighted by atomic mass is 79.9. The van der Waals surface area contributed by atoms with Gasteiger partial charge in [-0.25, -0.2) is 13.6 Å². The van der Waals surface area contributed by atoms with E-state index in [2.05, 4.69) is 21.2 Å². The Bertz CT molecular complexity index is 677. The molecule has 5 nitrogen and oxygen atoms in total. The molecule has 1 aliphatic heterocycles. The molecule has 2 amide bonds. The van der Waals surface area contributed by atoms with Crippen molar-refractivity contribution >= 4 is 27.9 Å². The average molecular weight is 419 g/mol. The van der Waals surface area contributed by atoms with E-state index in [1.54, 1.807) is 20.8 Å². The molecule has 2 rings (SSSR count). The van der Waals surface area contributed by atoms with Crippen LogP contribution in [0.4, 0.5) is 13.6 Å². The Balaban J connectivity index is 2.04. The van der Waals surface area contributed by atoms with Gasteiger partial charge in [-0.15, -0.1) is 0 Å². The molecule has 25 heavy (non-hydrogen) atoms. The molecule has 1 aliphatic rings. The van der Waals surface area contributed by atoms with Crippen LogP contribution in [0.2, 0.25) is 0 Å². The summed E-state index contributed by atoms with van der Waals surface area (Å²) in [5, 5.41) is 2.67. The molecule has 0 spiro atoms. The van der Waals surface area contributed by atoms with Crippen molar-refractivity contribution in [3.05, 3.63) is 33.8 Å². The molecule has 8 heteroatoms. The van der Waals surface area contributed by atoms with Gasteiger partial charge < -0.3 is 15.0 Å². The number of nitrogens with one attached hydrogen (secondary N) is 1. The number of ether oxygens (including phenoxy) is 1. The van der Waals surface area contributed by atoms with Gasteiger partial charge in [-0.1, -0.05) is 0 Å². The van der Waals surface area contributed by atoms with Gasteiger partial charge in [0.2, 0.25) is 0 Å². The zero-order chi connectivity index (χ0) is 18.8. The summed E-state index contributed by atoms with van der Waals surface area (Å²) in [7, 11) is 0. The van der Waals surface area contributed by atoms with Gasteiger partial charge >= 0.3 is 6.09 Å². The van der Waals surface area contributed by atoms with E-state index in [-0.39, 0.29) is 22.6 Å². The van der Waals surface area contributed by atoms with Crippen molar-refractivity contribution in [3.8, 4) is 0 Å². The Morgan fingerprint density at radius 2 is 1.92 bits per heavy atom. The number of carbonyl (C=O) groups excluding carboxylic acids is 2. The van der Waals surface area contributed by atoms with E-state index in [9.17, 15) is 18.4 Å². The van der Waals surface area contributed by atoms with Crippen LogP contribution >= 0.6 is 15.9 Å². The number of rotatable bonds is 2. The molecule has 1 fully saturated rings. The quantitative estimate of drug-likeness (QED) is 0.741. The molecule has 1 aromatic rings. The van der Waals surface area contributed by atoms with Gasteiger partial charge in [0.1, 0.15) is 17.2 Å². The number of nitrogens with zero attached hydrogens (tertiary/aromatic N) is 1. The normalized spacial score (nSPS) is 18.0. The Morgan fingerprint density at radius 1 is 1.28 bits per heavy atom. The summed E-state index contributed by atoms with van der Waals surface area (Å²) < 4.78 is 32.6. The summed E-state index contributed by atoms with van der Waals surface area (Å²) in [4.78, 5) is 26.0. The van der Waals surface area contributed by atoms with Crippen molar-refractivity contribution in [2.24, 2.45) is 0 Å². The predicted molar refractivity (Wildman–Crippen MR) is 92.4 cm³/mol. The first-order valence-electron chi connectivity index (χ1n) is 8.01. The summed E-state index contributed by atoms with van der Waals surface area (Å²) >= 11 is 2.90. The highest BCUT2D eigenvalue weighted by Crippen LogP contribution is 2.24. The maximum Gasteiger partial charge on any atom is 0.410 e. The molecule has 1 atom stereocenters. The molecular weight excluding hydrogens is 398 g/mol. The Hall–Kier alpha value is -1.70. The minimum Gasteiger partial charge on any atom is -0.444 e. The number of halogens is 3. The van der Waals surface area contributed by atoms with E-state index in [4.69, 9.17) is 4.74 Å². The Morgan fingerprint density at radius 3 is 2.56 bits per heavy atom. The minimum absolute atomic E-state index is 0.218. The standard InChI is InChI=1S/C17H21BrF2N2O3/c1-17(2,3)25-16(24)22-8-4-5-10(9-22)21-15(23)13-11(19)6-7-12(20)14(13)18/h6-7,10H,4-5,8-9H2,1-3H3,(H,21,23)/t10-/m0/s1. The van der Waals surface area contributed by atoms with Crippen LogP contribution in [0.5, 0.6) is 0 Å². The smallest absolute Gasteiger partial charge is 0.410 e. The molecule has 0 bridgehead atoms. The molecule has 0 saturated carbocycles. The highest BCUT2D eigenvalue weighted by Gasteiger charge is 2.29. The van der Waals surface area contributed by atoms with Gasteiger partial charge in [-0.3, -0.25) is 4.79 Å². The maximum absolute atomic E-state index is 13.9. The van der Waals surface area contributed by atoms with Crippen molar-refractivity contribution in [2.75, 3.05) is 13.1 Å². The molecule has 1 saturated heterocycles. The summed E-state index contributed by atoms with van der Waals surface area (Å²) in [5.74, 6) is -2.25. The van der Waals surface area contributed by atoms with Crippen LogP contribution in [-0.4, -0.2) is 41.6 Å². The largest absolute Gasteiger partial charge is 0.444 e. The van der Waals surface area contributed by atoms with Crippen molar-refractivity contribution < 1.29 is 23.1 Å². The zero-order valence-electron chi connectivity index (χ0n) is 14.4. The molecule has 1 N–H and O–H groups in total. The van der Waals surface area contributed by atoms with Crippen LogP contribution in [0.15, 0.2) is 16.6 Å². The molecule has 0 radical (unpaired) electrons. The second-order valence-electron chi connectivity index (χ2n) is 6.96. The number of hydrogen-bond donors (Lipinski definition) is 1. The van der Waals surface area contributed by atoms with Crippen LogP contribution in [0.25, 0.3) is 0 Å². The summed E-state index contributed by atoms with van der Waals surface area (Å²) in [6, 6.07) is 1.49. The van der Waals surface area contributed by atoms with Gasteiger partial charge in [0, 0.05) is 19.1 Å². The third kappa shape index (κ3) is 5.14. The van der Waals surface area contributed by atoms with Gasteiger partial charge in [-0.05, 0) is 61.7 Å². The summed E-state index contributed by atoms with van der Waals surface area (Å²) in [5.41, 5.74) is -0.988. The number of hydrogen-bond acceptors (Lipinski definition) is 3. The first kappa shape index (κ1) is 19.6. The van der Waals surface area contributed by atoms with Crippen LogP contribution in [-0.2, 0) is 4.74 Å². The highest BCUT2D eigenvalue weighted by molar-refractivity contribution is 9.10. The van der Waals surface area contributed by atoms with E-state index in [1.807, 2.05) is 0 Å². The lowest BCUT2D eigenvalue weighted by Crippen LogP contribution is -2.50. The molecule has 0 aromatic heterocycles. The lowest BCUT2D eigenvalue weighted by molar-refractivity contribution is 0.0185. The molecule has 1 aromatic carbocycles. The molecule has 0 aliphatic carbocycles. The lowest BCUT2D eigenvalue weighted by atomic mass is 10.1. The minimum atomic E-state index is -0.814. The molecule has 1 heterocycles. The third-order valence-corrected chi connectivity index (χ3v) is 4.45. The number of piperidine rings is 1. The lowest BCUT2D eigenvalue weighted by Gasteiger charge is -2.34.